The lowest BCUT2D eigenvalue weighted by atomic mass is 10.0. The number of benzene rings is 2. The summed E-state index contributed by atoms with van der Waals surface area (Å²) in [6.07, 6.45) is -4.50. The van der Waals surface area contributed by atoms with Crippen LogP contribution in [0.3, 0.4) is 0 Å². The van der Waals surface area contributed by atoms with E-state index in [1.807, 2.05) is 0 Å². The average molecular weight is 359 g/mol. The van der Waals surface area contributed by atoms with E-state index in [-0.39, 0.29) is 16.9 Å². The summed E-state index contributed by atoms with van der Waals surface area (Å²) in [7, 11) is 0. The Morgan fingerprint density at radius 3 is 2.40 bits per heavy atom. The van der Waals surface area contributed by atoms with Gasteiger partial charge in [-0.1, -0.05) is 24.3 Å². The van der Waals surface area contributed by atoms with Gasteiger partial charge < -0.3 is 10.1 Å². The molecule has 0 saturated heterocycles. The van der Waals surface area contributed by atoms with Crippen LogP contribution in [0.25, 0.3) is 0 Å². The van der Waals surface area contributed by atoms with Gasteiger partial charge in [-0.25, -0.2) is 0 Å². The van der Waals surface area contributed by atoms with Crippen LogP contribution in [-0.2, 0) is 6.18 Å². The van der Waals surface area contributed by atoms with E-state index in [9.17, 15) is 26.7 Å². The van der Waals surface area contributed by atoms with E-state index in [4.69, 9.17) is 0 Å². The van der Waals surface area contributed by atoms with Crippen molar-refractivity contribution < 1.29 is 31.5 Å². The van der Waals surface area contributed by atoms with Crippen molar-refractivity contribution in [2.75, 3.05) is 0 Å². The fourth-order valence-electron chi connectivity index (χ4n) is 2.20. The van der Waals surface area contributed by atoms with E-state index in [2.05, 4.69) is 10.1 Å². The predicted molar refractivity (Wildman–Crippen MR) is 80.4 cm³/mol. The number of hydrogen-bond donors (Lipinski definition) is 1. The van der Waals surface area contributed by atoms with E-state index < -0.39 is 30.3 Å². The van der Waals surface area contributed by atoms with Gasteiger partial charge in [0.25, 0.3) is 5.91 Å². The average Bonchev–Trinajstić information content (AvgIpc) is 2.54. The molecule has 1 amide bonds. The topological polar surface area (TPSA) is 38.3 Å². The Labute approximate surface area is 140 Å². The number of amides is 1. The molecule has 0 heterocycles. The van der Waals surface area contributed by atoms with Crippen LogP contribution in [0.1, 0.15) is 34.5 Å². The van der Waals surface area contributed by atoms with Gasteiger partial charge in [-0.15, -0.1) is 0 Å². The van der Waals surface area contributed by atoms with Gasteiger partial charge in [-0.2, -0.15) is 22.0 Å². The van der Waals surface area contributed by atoms with Gasteiger partial charge in [-0.05, 0) is 36.8 Å². The standard InChI is InChI=1S/C17H14F5NO2/c1-10(11-5-4-6-12(9-11)17(20,21)22)23-15(24)13-7-2-3-8-14(13)25-16(18)19/h2-10,16H,1H3,(H,23,24). The van der Waals surface area contributed by atoms with Crippen molar-refractivity contribution >= 4 is 5.91 Å². The van der Waals surface area contributed by atoms with Crippen molar-refractivity contribution in [2.45, 2.75) is 25.8 Å². The molecule has 134 valence electrons. The smallest absolute Gasteiger partial charge is 0.416 e. The minimum absolute atomic E-state index is 0.137. The zero-order valence-electron chi connectivity index (χ0n) is 13.0. The third-order valence-electron chi connectivity index (χ3n) is 3.41. The molecule has 1 unspecified atom stereocenters. The summed E-state index contributed by atoms with van der Waals surface area (Å²) >= 11 is 0. The Hall–Kier alpha value is -2.64. The Balaban J connectivity index is 2.19. The lowest BCUT2D eigenvalue weighted by molar-refractivity contribution is -0.137. The van der Waals surface area contributed by atoms with E-state index in [0.717, 1.165) is 12.1 Å². The van der Waals surface area contributed by atoms with Crippen molar-refractivity contribution in [1.29, 1.82) is 0 Å². The Kier molecular flexibility index (Phi) is 5.61. The van der Waals surface area contributed by atoms with Crippen molar-refractivity contribution in [1.82, 2.24) is 5.32 Å². The maximum atomic E-state index is 12.8. The maximum absolute atomic E-state index is 12.8. The number of hydrogen-bond acceptors (Lipinski definition) is 2. The summed E-state index contributed by atoms with van der Waals surface area (Å²) in [6.45, 7) is -1.61. The quantitative estimate of drug-likeness (QED) is 0.779. The van der Waals surface area contributed by atoms with Crippen molar-refractivity contribution in [2.24, 2.45) is 0 Å². The molecule has 2 aromatic rings. The summed E-state index contributed by atoms with van der Waals surface area (Å²) in [4.78, 5) is 12.3. The number of carbonyl (C=O) groups excluding carboxylic acids is 1. The predicted octanol–water partition coefficient (Wildman–Crippen LogP) is 4.80. The fourth-order valence-corrected chi connectivity index (χ4v) is 2.20. The monoisotopic (exact) mass is 359 g/mol. The van der Waals surface area contributed by atoms with Gasteiger partial charge in [-0.3, -0.25) is 4.79 Å². The van der Waals surface area contributed by atoms with Gasteiger partial charge in [0.05, 0.1) is 17.2 Å². The summed E-state index contributed by atoms with van der Waals surface area (Å²) in [5.74, 6) is -1.05. The zero-order chi connectivity index (χ0) is 18.6. The third-order valence-corrected chi connectivity index (χ3v) is 3.41. The van der Waals surface area contributed by atoms with Crippen LogP contribution in [-0.4, -0.2) is 12.5 Å². The first-order chi connectivity index (χ1) is 11.7. The highest BCUT2D eigenvalue weighted by atomic mass is 19.4. The number of rotatable bonds is 5. The second kappa shape index (κ2) is 7.50. The van der Waals surface area contributed by atoms with Crippen LogP contribution in [0.4, 0.5) is 22.0 Å². The lowest BCUT2D eigenvalue weighted by Gasteiger charge is -2.17. The second-order valence-corrected chi connectivity index (χ2v) is 5.19. The number of ether oxygens (including phenoxy) is 1. The summed E-state index contributed by atoms with van der Waals surface area (Å²) in [6, 6.07) is 9.11. The normalized spacial score (nSPS) is 12.8. The highest BCUT2D eigenvalue weighted by Crippen LogP contribution is 2.31. The molecule has 0 saturated carbocycles. The number of alkyl halides is 5. The molecule has 0 aliphatic carbocycles. The van der Waals surface area contributed by atoms with Gasteiger partial charge in [0.15, 0.2) is 0 Å². The van der Waals surface area contributed by atoms with Crippen molar-refractivity contribution in [3.8, 4) is 5.75 Å². The molecule has 2 rings (SSSR count). The van der Waals surface area contributed by atoms with E-state index in [0.29, 0.717) is 0 Å². The van der Waals surface area contributed by atoms with E-state index in [1.165, 1.54) is 43.3 Å². The fraction of sp³-hybridized carbons (Fsp3) is 0.235. The molecule has 1 atom stereocenters. The molecule has 2 aromatic carbocycles. The Morgan fingerprint density at radius 1 is 1.08 bits per heavy atom. The summed E-state index contributed by atoms with van der Waals surface area (Å²) in [5, 5.41) is 2.47. The van der Waals surface area contributed by atoms with Crippen molar-refractivity contribution in [3.05, 3.63) is 65.2 Å². The van der Waals surface area contributed by atoms with Crippen LogP contribution in [0, 0.1) is 0 Å². The summed E-state index contributed by atoms with van der Waals surface area (Å²) < 4.78 is 67.3. The molecule has 0 spiro atoms. The minimum Gasteiger partial charge on any atom is -0.434 e. The first-order valence-electron chi connectivity index (χ1n) is 7.20. The maximum Gasteiger partial charge on any atom is 0.416 e. The van der Waals surface area contributed by atoms with Gasteiger partial charge in [0.2, 0.25) is 0 Å². The van der Waals surface area contributed by atoms with Crippen LogP contribution >= 0.6 is 0 Å². The molecule has 0 aliphatic rings. The lowest BCUT2D eigenvalue weighted by Crippen LogP contribution is -2.27. The van der Waals surface area contributed by atoms with Crippen LogP contribution in [0.5, 0.6) is 5.75 Å². The third kappa shape index (κ3) is 4.91. The molecule has 3 nitrogen and oxygen atoms in total. The van der Waals surface area contributed by atoms with Crippen molar-refractivity contribution in [3.63, 3.8) is 0 Å². The Morgan fingerprint density at radius 2 is 1.76 bits per heavy atom. The first-order valence-corrected chi connectivity index (χ1v) is 7.20. The van der Waals surface area contributed by atoms with Gasteiger partial charge in [0, 0.05) is 0 Å². The number of carbonyl (C=O) groups is 1. The van der Waals surface area contributed by atoms with Crippen LogP contribution in [0.15, 0.2) is 48.5 Å². The molecule has 0 aromatic heterocycles. The summed E-state index contributed by atoms with van der Waals surface area (Å²) in [5.41, 5.74) is -0.746. The van der Waals surface area contributed by atoms with Crippen LogP contribution in [0.2, 0.25) is 0 Å². The minimum atomic E-state index is -4.50. The SMILES string of the molecule is CC(NC(=O)c1ccccc1OC(F)F)c1cccc(C(F)(F)F)c1. The van der Waals surface area contributed by atoms with Crippen LogP contribution < -0.4 is 10.1 Å². The molecule has 0 radical (unpaired) electrons. The molecule has 25 heavy (non-hydrogen) atoms. The first kappa shape index (κ1) is 18.7. The zero-order valence-corrected chi connectivity index (χ0v) is 13.0. The van der Waals surface area contributed by atoms with Gasteiger partial charge in [0.1, 0.15) is 5.75 Å². The Bertz CT molecular complexity index is 746. The molecular weight excluding hydrogens is 345 g/mol. The molecule has 0 aliphatic heterocycles. The molecule has 1 N–H and O–H groups in total. The van der Waals surface area contributed by atoms with Gasteiger partial charge >= 0.3 is 12.8 Å². The molecular formula is C17H14F5NO2. The highest BCUT2D eigenvalue weighted by Gasteiger charge is 2.30. The van der Waals surface area contributed by atoms with E-state index in [1.54, 1.807) is 0 Å². The number of halogens is 5. The second-order valence-electron chi connectivity index (χ2n) is 5.19. The number of nitrogens with one attached hydrogen (secondary N) is 1. The number of para-hydroxylation sites is 1. The van der Waals surface area contributed by atoms with E-state index >= 15 is 0 Å². The highest BCUT2D eigenvalue weighted by molar-refractivity contribution is 5.97. The molecule has 8 heteroatoms. The molecule has 0 fully saturated rings. The largest absolute Gasteiger partial charge is 0.434 e. The molecule has 0 bridgehead atoms.